The minimum Gasteiger partial charge on any atom is -0.348 e. The van der Waals surface area contributed by atoms with Crippen LogP contribution in [0.15, 0.2) is 24.3 Å². The third-order valence-electron chi connectivity index (χ3n) is 5.16. The van der Waals surface area contributed by atoms with Gasteiger partial charge in [-0.25, -0.2) is 0 Å². The van der Waals surface area contributed by atoms with Crippen molar-refractivity contribution in [3.8, 4) is 0 Å². The van der Waals surface area contributed by atoms with E-state index in [1.165, 1.54) is 18.4 Å². The van der Waals surface area contributed by atoms with E-state index < -0.39 is 0 Å². The lowest BCUT2D eigenvalue weighted by Crippen LogP contribution is -2.47. The molecule has 1 atom stereocenters. The number of hydrogen-bond donors (Lipinski definition) is 1. The summed E-state index contributed by atoms with van der Waals surface area (Å²) in [5.74, 6) is 0.322. The Morgan fingerprint density at radius 1 is 1.23 bits per heavy atom. The second-order valence-corrected chi connectivity index (χ2v) is 7.41. The van der Waals surface area contributed by atoms with Crippen molar-refractivity contribution in [2.24, 2.45) is 5.92 Å². The first kappa shape index (κ1) is 20.7. The monoisotopic (exact) mass is 375 g/mol. The minimum absolute atomic E-state index is 0.0554. The van der Waals surface area contributed by atoms with Crippen LogP contribution in [0.5, 0.6) is 0 Å². The Morgan fingerprint density at radius 3 is 2.54 bits per heavy atom. The summed E-state index contributed by atoms with van der Waals surface area (Å²) < 4.78 is 0. The number of thiocarbonyl (C=S) groups is 1. The predicted octanol–water partition coefficient (Wildman–Crippen LogP) is 4.31. The van der Waals surface area contributed by atoms with Crippen LogP contribution in [0.2, 0.25) is 0 Å². The molecule has 144 valence electrons. The standard InChI is InChI=1S/C21H33N3OS/c1-4-7-9-17-11-13-19(14-12-17)22-21(26)24-15-8-10-18(16-24)20(25)23(5-2)6-3/h11-14,18H,4-10,15-16H2,1-3H3,(H,22,26). The van der Waals surface area contributed by atoms with E-state index in [4.69, 9.17) is 12.2 Å². The number of benzene rings is 1. The van der Waals surface area contributed by atoms with Gasteiger partial charge in [0.2, 0.25) is 5.91 Å². The van der Waals surface area contributed by atoms with Crippen LogP contribution in [0.1, 0.15) is 52.0 Å². The van der Waals surface area contributed by atoms with E-state index in [0.29, 0.717) is 0 Å². The number of anilines is 1. The molecule has 1 fully saturated rings. The average Bonchev–Trinajstić information content (AvgIpc) is 2.68. The molecule has 0 spiro atoms. The van der Waals surface area contributed by atoms with Crippen molar-refractivity contribution < 1.29 is 4.79 Å². The molecular formula is C21H33N3OS. The van der Waals surface area contributed by atoms with Crippen LogP contribution >= 0.6 is 12.2 Å². The summed E-state index contributed by atoms with van der Waals surface area (Å²) in [6.45, 7) is 9.48. The molecule has 0 saturated carbocycles. The van der Waals surface area contributed by atoms with Crippen LogP contribution in [-0.2, 0) is 11.2 Å². The van der Waals surface area contributed by atoms with E-state index in [2.05, 4.69) is 41.4 Å². The Bertz CT molecular complexity index is 583. The summed E-state index contributed by atoms with van der Waals surface area (Å²) in [5, 5.41) is 4.07. The summed E-state index contributed by atoms with van der Waals surface area (Å²) in [6.07, 6.45) is 5.53. The summed E-state index contributed by atoms with van der Waals surface area (Å²) >= 11 is 5.61. The van der Waals surface area contributed by atoms with Crippen LogP contribution < -0.4 is 5.32 Å². The van der Waals surface area contributed by atoms with Crippen molar-refractivity contribution >= 4 is 28.9 Å². The second kappa shape index (κ2) is 10.5. The summed E-state index contributed by atoms with van der Waals surface area (Å²) in [7, 11) is 0. The number of unbranched alkanes of at least 4 members (excludes halogenated alkanes) is 1. The van der Waals surface area contributed by atoms with Gasteiger partial charge in [0.05, 0.1) is 5.92 Å². The number of hydrogen-bond acceptors (Lipinski definition) is 2. The van der Waals surface area contributed by atoms with Gasteiger partial charge in [0.1, 0.15) is 0 Å². The normalized spacial score (nSPS) is 17.0. The van der Waals surface area contributed by atoms with Crippen molar-refractivity contribution in [1.82, 2.24) is 9.80 Å². The number of likely N-dealkylation sites (tertiary alicyclic amines) is 1. The Hall–Kier alpha value is -1.62. The number of carbonyl (C=O) groups excluding carboxylic acids is 1. The highest BCUT2D eigenvalue weighted by atomic mass is 32.1. The smallest absolute Gasteiger partial charge is 0.227 e. The van der Waals surface area contributed by atoms with Crippen LogP contribution in [-0.4, -0.2) is 47.0 Å². The summed E-state index contributed by atoms with van der Waals surface area (Å²) in [4.78, 5) is 16.7. The molecule has 0 aromatic heterocycles. The lowest BCUT2D eigenvalue weighted by Gasteiger charge is -2.36. The second-order valence-electron chi connectivity index (χ2n) is 7.03. The van der Waals surface area contributed by atoms with Gasteiger partial charge in [0.15, 0.2) is 5.11 Å². The molecule has 1 heterocycles. The van der Waals surface area contributed by atoms with E-state index in [9.17, 15) is 4.79 Å². The van der Waals surface area contributed by atoms with E-state index in [0.717, 1.165) is 56.2 Å². The van der Waals surface area contributed by atoms with Gasteiger partial charge in [-0.2, -0.15) is 0 Å². The van der Waals surface area contributed by atoms with E-state index in [1.807, 2.05) is 18.7 Å². The van der Waals surface area contributed by atoms with Crippen molar-refractivity contribution in [2.75, 3.05) is 31.5 Å². The number of piperidine rings is 1. The highest BCUT2D eigenvalue weighted by Gasteiger charge is 2.29. The van der Waals surface area contributed by atoms with E-state index in [-0.39, 0.29) is 11.8 Å². The van der Waals surface area contributed by atoms with Crippen LogP contribution in [0, 0.1) is 5.92 Å². The third-order valence-corrected chi connectivity index (χ3v) is 5.52. The molecule has 1 aliphatic heterocycles. The topological polar surface area (TPSA) is 35.6 Å². The molecule has 1 aliphatic rings. The van der Waals surface area contributed by atoms with Gasteiger partial charge in [-0.15, -0.1) is 0 Å². The molecule has 0 bridgehead atoms. The fourth-order valence-corrected chi connectivity index (χ4v) is 3.78. The van der Waals surface area contributed by atoms with E-state index in [1.54, 1.807) is 0 Å². The molecule has 1 saturated heterocycles. The predicted molar refractivity (Wildman–Crippen MR) is 113 cm³/mol. The Kier molecular flexibility index (Phi) is 8.36. The first-order chi connectivity index (χ1) is 12.6. The van der Waals surface area contributed by atoms with Crippen molar-refractivity contribution in [2.45, 2.75) is 52.9 Å². The zero-order valence-electron chi connectivity index (χ0n) is 16.5. The molecule has 4 nitrogen and oxygen atoms in total. The maximum Gasteiger partial charge on any atom is 0.227 e. The zero-order chi connectivity index (χ0) is 18.9. The number of amides is 1. The SMILES string of the molecule is CCCCc1ccc(NC(=S)N2CCCC(C(=O)N(CC)CC)C2)cc1. The molecule has 0 radical (unpaired) electrons. The van der Waals surface area contributed by atoms with Gasteiger partial charge in [-0.3, -0.25) is 4.79 Å². The molecule has 1 unspecified atom stereocenters. The summed E-state index contributed by atoms with van der Waals surface area (Å²) in [5.41, 5.74) is 2.39. The van der Waals surface area contributed by atoms with Gasteiger partial charge in [-0.1, -0.05) is 25.5 Å². The first-order valence-corrected chi connectivity index (χ1v) is 10.4. The highest BCUT2D eigenvalue weighted by molar-refractivity contribution is 7.80. The van der Waals surface area contributed by atoms with Gasteiger partial charge in [0.25, 0.3) is 0 Å². The zero-order valence-corrected chi connectivity index (χ0v) is 17.3. The molecule has 1 amide bonds. The maximum absolute atomic E-state index is 12.6. The largest absolute Gasteiger partial charge is 0.348 e. The molecule has 2 rings (SSSR count). The number of aryl methyl sites for hydroxylation is 1. The van der Waals surface area contributed by atoms with Crippen molar-refractivity contribution in [3.05, 3.63) is 29.8 Å². The molecule has 1 N–H and O–H groups in total. The van der Waals surface area contributed by atoms with E-state index >= 15 is 0 Å². The minimum atomic E-state index is 0.0554. The number of nitrogens with zero attached hydrogens (tertiary/aromatic N) is 2. The average molecular weight is 376 g/mol. The van der Waals surface area contributed by atoms with Gasteiger partial charge in [0, 0.05) is 31.9 Å². The van der Waals surface area contributed by atoms with Gasteiger partial charge < -0.3 is 15.1 Å². The lowest BCUT2D eigenvalue weighted by atomic mass is 9.96. The molecule has 5 heteroatoms. The molecule has 0 aliphatic carbocycles. The van der Waals surface area contributed by atoms with Gasteiger partial charge >= 0.3 is 0 Å². The Labute approximate surface area is 163 Å². The molecule has 1 aromatic carbocycles. The van der Waals surface area contributed by atoms with Crippen LogP contribution in [0.4, 0.5) is 5.69 Å². The Morgan fingerprint density at radius 2 is 1.92 bits per heavy atom. The van der Waals surface area contributed by atoms with Crippen LogP contribution in [0.25, 0.3) is 0 Å². The fourth-order valence-electron chi connectivity index (χ4n) is 3.49. The fraction of sp³-hybridized carbons (Fsp3) is 0.619. The quantitative estimate of drug-likeness (QED) is 0.721. The molecule has 1 aromatic rings. The maximum atomic E-state index is 12.6. The lowest BCUT2D eigenvalue weighted by molar-refractivity contribution is -0.136. The Balaban J connectivity index is 1.91. The van der Waals surface area contributed by atoms with Crippen molar-refractivity contribution in [1.29, 1.82) is 0 Å². The number of carbonyl (C=O) groups is 1. The van der Waals surface area contributed by atoms with Crippen molar-refractivity contribution in [3.63, 3.8) is 0 Å². The molecule has 26 heavy (non-hydrogen) atoms. The number of rotatable bonds is 7. The number of nitrogens with one attached hydrogen (secondary N) is 1. The highest BCUT2D eigenvalue weighted by Crippen LogP contribution is 2.20. The summed E-state index contributed by atoms with van der Waals surface area (Å²) in [6, 6.07) is 8.53. The van der Waals surface area contributed by atoms with Gasteiger partial charge in [-0.05, 0) is 69.4 Å². The third kappa shape index (κ3) is 5.70. The van der Waals surface area contributed by atoms with Crippen LogP contribution in [0.3, 0.4) is 0 Å². The molecular weight excluding hydrogens is 342 g/mol. The first-order valence-electron chi connectivity index (χ1n) is 10.0.